The fourth-order valence-electron chi connectivity index (χ4n) is 3.46. The van der Waals surface area contributed by atoms with Gasteiger partial charge in [0.25, 0.3) is 5.91 Å². The molecule has 0 unspecified atom stereocenters. The van der Waals surface area contributed by atoms with Crippen LogP contribution in [0.15, 0.2) is 18.3 Å². The Morgan fingerprint density at radius 1 is 1.36 bits per heavy atom. The number of piperidine rings is 1. The molecule has 2 bridgehead atoms. The summed E-state index contributed by atoms with van der Waals surface area (Å²) in [4.78, 5) is 32.9. The third-order valence-electron chi connectivity index (χ3n) is 4.58. The predicted octanol–water partition coefficient (Wildman–Crippen LogP) is 1.14. The van der Waals surface area contributed by atoms with E-state index in [1.54, 1.807) is 12.1 Å². The maximum atomic E-state index is 12.7. The normalized spacial score (nSPS) is 24.5. The molecular weight excluding hydrogens is 280 g/mol. The van der Waals surface area contributed by atoms with Gasteiger partial charge in [-0.25, -0.2) is 4.98 Å². The van der Waals surface area contributed by atoms with E-state index in [1.807, 2.05) is 9.80 Å². The van der Waals surface area contributed by atoms with Crippen LogP contribution in [-0.4, -0.2) is 52.3 Å². The SMILES string of the molecule is CCCN1C(=O)[C@H]2CC[C@@H]1CN(C(=O)c1ccc(N)nc1)C2. The van der Waals surface area contributed by atoms with Crippen molar-refractivity contribution < 1.29 is 9.59 Å². The van der Waals surface area contributed by atoms with Crippen LogP contribution in [0.1, 0.15) is 36.5 Å². The number of pyridine rings is 1. The summed E-state index contributed by atoms with van der Waals surface area (Å²) in [6, 6.07) is 3.48. The highest BCUT2D eigenvalue weighted by atomic mass is 16.2. The third-order valence-corrected chi connectivity index (χ3v) is 4.58. The molecule has 0 radical (unpaired) electrons. The van der Waals surface area contributed by atoms with Crippen LogP contribution in [0, 0.1) is 5.92 Å². The van der Waals surface area contributed by atoms with Gasteiger partial charge in [0.2, 0.25) is 5.91 Å². The molecule has 0 spiro atoms. The summed E-state index contributed by atoms with van der Waals surface area (Å²) < 4.78 is 0. The van der Waals surface area contributed by atoms with E-state index >= 15 is 0 Å². The van der Waals surface area contributed by atoms with Crippen molar-refractivity contribution in [3.05, 3.63) is 23.9 Å². The van der Waals surface area contributed by atoms with E-state index in [2.05, 4.69) is 11.9 Å². The van der Waals surface area contributed by atoms with Crippen molar-refractivity contribution in [3.63, 3.8) is 0 Å². The van der Waals surface area contributed by atoms with Gasteiger partial charge in [-0.05, 0) is 31.4 Å². The van der Waals surface area contributed by atoms with Crippen molar-refractivity contribution in [2.75, 3.05) is 25.4 Å². The van der Waals surface area contributed by atoms with Gasteiger partial charge >= 0.3 is 0 Å². The molecule has 3 fully saturated rings. The van der Waals surface area contributed by atoms with Gasteiger partial charge in [0, 0.05) is 31.9 Å². The molecule has 2 atom stereocenters. The van der Waals surface area contributed by atoms with E-state index in [4.69, 9.17) is 5.73 Å². The van der Waals surface area contributed by atoms with E-state index in [0.717, 1.165) is 25.8 Å². The molecule has 2 N–H and O–H groups in total. The molecule has 3 aliphatic rings. The second-order valence-electron chi connectivity index (χ2n) is 6.14. The number of fused-ring (bicyclic) bond motifs is 4. The van der Waals surface area contributed by atoms with Crippen LogP contribution in [0.4, 0.5) is 5.82 Å². The summed E-state index contributed by atoms with van der Waals surface area (Å²) in [6.07, 6.45) is 4.33. The highest BCUT2D eigenvalue weighted by Crippen LogP contribution is 2.29. The minimum atomic E-state index is -0.0597. The molecule has 3 aliphatic heterocycles. The number of nitrogen functional groups attached to an aromatic ring is 1. The van der Waals surface area contributed by atoms with Crippen molar-refractivity contribution in [3.8, 4) is 0 Å². The first-order valence-electron chi connectivity index (χ1n) is 7.91. The van der Waals surface area contributed by atoms with Crippen LogP contribution in [0.2, 0.25) is 0 Å². The van der Waals surface area contributed by atoms with E-state index in [9.17, 15) is 9.59 Å². The Balaban J connectivity index is 1.80. The van der Waals surface area contributed by atoms with Crippen molar-refractivity contribution in [1.82, 2.24) is 14.8 Å². The Morgan fingerprint density at radius 2 is 2.18 bits per heavy atom. The molecule has 1 aromatic rings. The summed E-state index contributed by atoms with van der Waals surface area (Å²) in [5.74, 6) is 0.493. The number of hydrogen-bond acceptors (Lipinski definition) is 4. The minimum Gasteiger partial charge on any atom is -0.384 e. The summed E-state index contributed by atoms with van der Waals surface area (Å²) in [6.45, 7) is 3.99. The number of aromatic nitrogens is 1. The fourth-order valence-corrected chi connectivity index (χ4v) is 3.46. The number of carbonyl (C=O) groups excluding carboxylic acids is 2. The van der Waals surface area contributed by atoms with Gasteiger partial charge < -0.3 is 15.5 Å². The van der Waals surface area contributed by atoms with Gasteiger partial charge in [-0.2, -0.15) is 0 Å². The molecule has 118 valence electrons. The molecule has 1 aromatic heterocycles. The Hall–Kier alpha value is -2.11. The zero-order valence-electron chi connectivity index (χ0n) is 12.9. The number of rotatable bonds is 3. The number of carbonyl (C=O) groups is 2. The lowest BCUT2D eigenvalue weighted by Crippen LogP contribution is -2.48. The van der Waals surface area contributed by atoms with Crippen LogP contribution < -0.4 is 5.73 Å². The van der Waals surface area contributed by atoms with Gasteiger partial charge in [0.15, 0.2) is 0 Å². The summed E-state index contributed by atoms with van der Waals surface area (Å²) in [7, 11) is 0. The molecular formula is C16H22N4O2. The monoisotopic (exact) mass is 302 g/mol. The first-order chi connectivity index (χ1) is 10.6. The first kappa shape index (κ1) is 14.8. The van der Waals surface area contributed by atoms with Crippen molar-refractivity contribution in [2.45, 2.75) is 32.2 Å². The molecule has 0 saturated carbocycles. The van der Waals surface area contributed by atoms with Crippen molar-refractivity contribution in [2.24, 2.45) is 5.92 Å². The molecule has 6 heteroatoms. The summed E-state index contributed by atoms with van der Waals surface area (Å²) >= 11 is 0. The zero-order chi connectivity index (χ0) is 15.7. The first-order valence-corrected chi connectivity index (χ1v) is 7.91. The van der Waals surface area contributed by atoms with E-state index < -0.39 is 0 Å². The van der Waals surface area contributed by atoms with E-state index in [-0.39, 0.29) is 23.8 Å². The lowest BCUT2D eigenvalue weighted by molar-refractivity contribution is -0.139. The van der Waals surface area contributed by atoms with Crippen LogP contribution in [-0.2, 0) is 4.79 Å². The third kappa shape index (κ3) is 2.65. The van der Waals surface area contributed by atoms with Gasteiger partial charge in [-0.15, -0.1) is 0 Å². The minimum absolute atomic E-state index is 0.0593. The van der Waals surface area contributed by atoms with Gasteiger partial charge in [0.05, 0.1) is 11.5 Å². The molecule has 0 aliphatic carbocycles. The lowest BCUT2D eigenvalue weighted by atomic mass is 9.94. The Kier molecular flexibility index (Phi) is 4.00. The Labute approximate surface area is 130 Å². The number of nitrogens with two attached hydrogens (primary N) is 1. The van der Waals surface area contributed by atoms with Crippen LogP contribution >= 0.6 is 0 Å². The van der Waals surface area contributed by atoms with Crippen molar-refractivity contribution >= 4 is 17.6 Å². The molecule has 0 aromatic carbocycles. The Bertz CT molecular complexity index is 572. The Morgan fingerprint density at radius 3 is 2.86 bits per heavy atom. The zero-order valence-corrected chi connectivity index (χ0v) is 12.9. The van der Waals surface area contributed by atoms with Gasteiger partial charge in [-0.1, -0.05) is 6.92 Å². The molecule has 22 heavy (non-hydrogen) atoms. The smallest absolute Gasteiger partial charge is 0.255 e. The second kappa shape index (κ2) is 5.94. The molecule has 4 heterocycles. The van der Waals surface area contributed by atoms with Crippen LogP contribution in [0.5, 0.6) is 0 Å². The summed E-state index contributed by atoms with van der Waals surface area (Å²) in [5, 5.41) is 0. The highest BCUT2D eigenvalue weighted by molar-refractivity contribution is 5.95. The fraction of sp³-hybridized carbons (Fsp3) is 0.562. The number of anilines is 1. The standard InChI is InChI=1S/C16H22N4O2/c1-2-7-20-13-5-3-12(16(20)22)9-19(10-13)15(21)11-4-6-14(17)18-8-11/h4,6,8,12-13H,2-3,5,7,9-10H2,1H3,(H2,17,18)/t12-,13+/m0/s1. The quantitative estimate of drug-likeness (QED) is 0.908. The average Bonchev–Trinajstić information content (AvgIpc) is 2.80. The molecule has 2 amide bonds. The van der Waals surface area contributed by atoms with E-state index in [1.165, 1.54) is 6.20 Å². The van der Waals surface area contributed by atoms with E-state index in [0.29, 0.717) is 24.5 Å². The molecule has 4 rings (SSSR count). The lowest BCUT2D eigenvalue weighted by Gasteiger charge is -2.35. The number of amides is 2. The largest absolute Gasteiger partial charge is 0.384 e. The van der Waals surface area contributed by atoms with Crippen molar-refractivity contribution in [1.29, 1.82) is 0 Å². The van der Waals surface area contributed by atoms with Crippen LogP contribution in [0.25, 0.3) is 0 Å². The second-order valence-corrected chi connectivity index (χ2v) is 6.14. The van der Waals surface area contributed by atoms with Gasteiger partial charge in [-0.3, -0.25) is 9.59 Å². The predicted molar refractivity (Wildman–Crippen MR) is 83.1 cm³/mol. The number of hydrogen-bond donors (Lipinski definition) is 1. The van der Waals surface area contributed by atoms with Gasteiger partial charge in [0.1, 0.15) is 5.82 Å². The summed E-state index contributed by atoms with van der Waals surface area (Å²) in [5.41, 5.74) is 6.10. The number of nitrogens with zero attached hydrogens (tertiary/aromatic N) is 3. The van der Waals surface area contributed by atoms with Crippen LogP contribution in [0.3, 0.4) is 0 Å². The average molecular weight is 302 g/mol. The maximum absolute atomic E-state index is 12.7. The molecule has 6 nitrogen and oxygen atoms in total. The highest BCUT2D eigenvalue weighted by Gasteiger charge is 2.41. The maximum Gasteiger partial charge on any atom is 0.255 e. The topological polar surface area (TPSA) is 79.5 Å². The molecule has 3 saturated heterocycles.